The summed E-state index contributed by atoms with van der Waals surface area (Å²) >= 11 is 0. The Bertz CT molecular complexity index is 1030. The molecule has 1 aliphatic rings. The smallest absolute Gasteiger partial charge is 0.272 e. The number of amides is 2. The Morgan fingerprint density at radius 3 is 2.28 bits per heavy atom. The average Bonchev–Trinajstić information content (AvgIpc) is 2.88. The third-order valence-corrected chi connectivity index (χ3v) is 5.81. The number of methoxy groups -OCH3 is 1. The number of benzene rings is 1. The number of aromatic nitrogens is 2. The van der Waals surface area contributed by atoms with Crippen LogP contribution in [-0.2, 0) is 4.79 Å². The molecule has 1 atom stereocenters. The van der Waals surface area contributed by atoms with Crippen LogP contribution in [0.25, 0.3) is 0 Å². The van der Waals surface area contributed by atoms with Gasteiger partial charge in [-0.3, -0.25) is 19.6 Å². The first-order chi connectivity index (χ1) is 15.7. The van der Waals surface area contributed by atoms with E-state index >= 15 is 0 Å². The molecule has 32 heavy (non-hydrogen) atoms. The minimum atomic E-state index is -0.287. The fourth-order valence-electron chi connectivity index (χ4n) is 3.97. The Kier molecular flexibility index (Phi) is 6.75. The number of hydrogen-bond acceptors (Lipinski definition) is 5. The van der Waals surface area contributed by atoms with E-state index in [1.165, 1.54) is 0 Å². The molecule has 1 fully saturated rings. The van der Waals surface area contributed by atoms with Gasteiger partial charge in [0, 0.05) is 37.6 Å². The third kappa shape index (κ3) is 4.94. The predicted molar refractivity (Wildman–Crippen MR) is 120 cm³/mol. The zero-order chi connectivity index (χ0) is 22.3. The second-order valence-electron chi connectivity index (χ2n) is 7.78. The van der Waals surface area contributed by atoms with E-state index in [0.29, 0.717) is 31.6 Å². The highest BCUT2D eigenvalue weighted by atomic mass is 16.5. The van der Waals surface area contributed by atoms with Crippen molar-refractivity contribution in [3.63, 3.8) is 0 Å². The number of pyridine rings is 2. The van der Waals surface area contributed by atoms with Crippen LogP contribution in [0.1, 0.15) is 40.5 Å². The van der Waals surface area contributed by atoms with E-state index in [9.17, 15) is 9.59 Å². The van der Waals surface area contributed by atoms with Gasteiger partial charge in [-0.05, 0) is 60.4 Å². The van der Waals surface area contributed by atoms with E-state index in [1.54, 1.807) is 48.8 Å². The van der Waals surface area contributed by atoms with Crippen molar-refractivity contribution in [2.45, 2.75) is 18.9 Å². The minimum absolute atomic E-state index is 0.00688. The van der Waals surface area contributed by atoms with Gasteiger partial charge in [-0.2, -0.15) is 0 Å². The van der Waals surface area contributed by atoms with Crippen LogP contribution in [0.5, 0.6) is 5.75 Å². The van der Waals surface area contributed by atoms with Crippen molar-refractivity contribution in [3.8, 4) is 5.75 Å². The summed E-state index contributed by atoms with van der Waals surface area (Å²) in [5, 5.41) is 3.21. The van der Waals surface area contributed by atoms with Crippen LogP contribution in [-0.4, -0.2) is 46.9 Å². The number of rotatable bonds is 6. The lowest BCUT2D eigenvalue weighted by molar-refractivity contribution is -0.126. The summed E-state index contributed by atoms with van der Waals surface area (Å²) in [6.07, 6.45) is 6.30. The Hall–Kier alpha value is -3.74. The molecule has 4 rings (SSSR count). The van der Waals surface area contributed by atoms with Gasteiger partial charge in [-0.1, -0.05) is 18.2 Å². The van der Waals surface area contributed by atoms with E-state index < -0.39 is 0 Å². The summed E-state index contributed by atoms with van der Waals surface area (Å²) in [5.41, 5.74) is 2.36. The van der Waals surface area contributed by atoms with Gasteiger partial charge in [0.15, 0.2) is 0 Å². The summed E-state index contributed by atoms with van der Waals surface area (Å²) < 4.78 is 5.26. The molecule has 2 aromatic heterocycles. The van der Waals surface area contributed by atoms with Crippen LogP contribution >= 0.6 is 0 Å². The maximum absolute atomic E-state index is 13.2. The Morgan fingerprint density at radius 2 is 1.66 bits per heavy atom. The molecule has 0 radical (unpaired) electrons. The van der Waals surface area contributed by atoms with Crippen LogP contribution in [0.15, 0.2) is 73.2 Å². The number of carbonyl (C=O) groups excluding carboxylic acids is 2. The molecule has 0 spiro atoms. The lowest BCUT2D eigenvalue weighted by atomic mass is 9.93. The molecule has 0 bridgehead atoms. The van der Waals surface area contributed by atoms with E-state index in [0.717, 1.165) is 16.9 Å². The van der Waals surface area contributed by atoms with E-state index in [2.05, 4.69) is 15.3 Å². The summed E-state index contributed by atoms with van der Waals surface area (Å²) in [6, 6.07) is 16.5. The monoisotopic (exact) mass is 430 g/mol. The third-order valence-electron chi connectivity index (χ3n) is 5.81. The van der Waals surface area contributed by atoms with Gasteiger partial charge >= 0.3 is 0 Å². The second kappa shape index (κ2) is 10.0. The fourth-order valence-corrected chi connectivity index (χ4v) is 3.97. The molecule has 3 heterocycles. The topological polar surface area (TPSA) is 84.4 Å². The van der Waals surface area contributed by atoms with Gasteiger partial charge in [0.25, 0.3) is 5.91 Å². The molecule has 1 saturated heterocycles. The van der Waals surface area contributed by atoms with Crippen LogP contribution < -0.4 is 10.1 Å². The van der Waals surface area contributed by atoms with Gasteiger partial charge in [0.2, 0.25) is 5.91 Å². The van der Waals surface area contributed by atoms with Crippen molar-refractivity contribution in [2.75, 3.05) is 20.2 Å². The van der Waals surface area contributed by atoms with Crippen molar-refractivity contribution in [3.05, 3.63) is 90.0 Å². The lowest BCUT2D eigenvalue weighted by Crippen LogP contribution is -2.44. The van der Waals surface area contributed by atoms with Crippen molar-refractivity contribution in [2.24, 2.45) is 5.92 Å². The van der Waals surface area contributed by atoms with Gasteiger partial charge < -0.3 is 15.0 Å². The molecule has 3 aromatic rings. The molecule has 1 N–H and O–H groups in total. The molecule has 0 saturated carbocycles. The number of ether oxygens (including phenoxy) is 1. The first-order valence-electron chi connectivity index (χ1n) is 10.7. The Morgan fingerprint density at radius 1 is 0.969 bits per heavy atom. The normalized spacial score (nSPS) is 15.1. The van der Waals surface area contributed by atoms with Crippen molar-refractivity contribution in [1.29, 1.82) is 0 Å². The number of piperidine rings is 1. The summed E-state index contributed by atoms with van der Waals surface area (Å²) in [7, 11) is 1.63. The minimum Gasteiger partial charge on any atom is -0.497 e. The average molecular weight is 431 g/mol. The zero-order valence-electron chi connectivity index (χ0n) is 18.0. The maximum atomic E-state index is 13.2. The number of nitrogens with zero attached hydrogens (tertiary/aromatic N) is 3. The van der Waals surface area contributed by atoms with Crippen LogP contribution in [0.2, 0.25) is 0 Å². The highest BCUT2D eigenvalue weighted by molar-refractivity contribution is 5.92. The van der Waals surface area contributed by atoms with Gasteiger partial charge in [0.05, 0.1) is 13.2 Å². The number of hydrogen-bond donors (Lipinski definition) is 1. The maximum Gasteiger partial charge on any atom is 0.272 e. The van der Waals surface area contributed by atoms with Crippen LogP contribution in [0.3, 0.4) is 0 Å². The predicted octanol–water partition coefficient (Wildman–Crippen LogP) is 3.24. The van der Waals surface area contributed by atoms with Crippen molar-refractivity contribution >= 4 is 11.8 Å². The van der Waals surface area contributed by atoms with Crippen LogP contribution in [0.4, 0.5) is 0 Å². The SMILES string of the molecule is COc1ccc(C(NC(=O)C2CCN(C(=O)c3ccccn3)CC2)c2ccncc2)cc1. The molecular formula is C25H26N4O3. The largest absolute Gasteiger partial charge is 0.497 e. The van der Waals surface area contributed by atoms with Crippen molar-refractivity contribution in [1.82, 2.24) is 20.2 Å². The van der Waals surface area contributed by atoms with E-state index in [4.69, 9.17) is 4.74 Å². The molecule has 1 aliphatic heterocycles. The summed E-state index contributed by atoms with van der Waals surface area (Å²) in [5.74, 6) is 0.522. The molecule has 7 nitrogen and oxygen atoms in total. The highest BCUT2D eigenvalue weighted by Gasteiger charge is 2.30. The van der Waals surface area contributed by atoms with Crippen LogP contribution in [0, 0.1) is 5.92 Å². The highest BCUT2D eigenvalue weighted by Crippen LogP contribution is 2.26. The number of nitrogens with one attached hydrogen (secondary N) is 1. The molecule has 1 unspecified atom stereocenters. The quantitative estimate of drug-likeness (QED) is 0.649. The molecule has 1 aromatic carbocycles. The van der Waals surface area contributed by atoms with E-state index in [1.807, 2.05) is 36.4 Å². The Labute approximate surface area is 187 Å². The molecule has 2 amide bonds. The summed E-state index contributed by atoms with van der Waals surface area (Å²) in [4.78, 5) is 35.8. The van der Waals surface area contributed by atoms with E-state index in [-0.39, 0.29) is 23.8 Å². The lowest BCUT2D eigenvalue weighted by Gasteiger charge is -2.32. The second-order valence-corrected chi connectivity index (χ2v) is 7.78. The summed E-state index contributed by atoms with van der Waals surface area (Å²) in [6.45, 7) is 1.08. The number of carbonyl (C=O) groups is 2. The van der Waals surface area contributed by atoms with Gasteiger partial charge in [0.1, 0.15) is 11.4 Å². The van der Waals surface area contributed by atoms with Gasteiger partial charge in [-0.15, -0.1) is 0 Å². The Balaban J connectivity index is 1.43. The number of likely N-dealkylation sites (tertiary alicyclic amines) is 1. The van der Waals surface area contributed by atoms with Crippen molar-refractivity contribution < 1.29 is 14.3 Å². The first kappa shape index (κ1) is 21.5. The standard InChI is InChI=1S/C25H26N4O3/c1-32-21-7-5-18(6-8-21)23(19-9-14-26-15-10-19)28-24(30)20-11-16-29(17-12-20)25(31)22-4-2-3-13-27-22/h2-10,13-15,20,23H,11-12,16-17H2,1H3,(H,28,30). The molecule has 0 aliphatic carbocycles. The molecular weight excluding hydrogens is 404 g/mol. The first-order valence-corrected chi connectivity index (χ1v) is 10.7. The van der Waals surface area contributed by atoms with Gasteiger partial charge in [-0.25, -0.2) is 0 Å². The molecule has 164 valence electrons. The molecule has 7 heteroatoms. The zero-order valence-corrected chi connectivity index (χ0v) is 18.0. The fraction of sp³-hybridized carbons (Fsp3) is 0.280.